The summed E-state index contributed by atoms with van der Waals surface area (Å²) >= 11 is 0. The lowest BCUT2D eigenvalue weighted by molar-refractivity contribution is -0.250. The van der Waals surface area contributed by atoms with E-state index in [1.54, 1.807) is 26.8 Å². The number of hydrogen-bond acceptors (Lipinski definition) is 8. The van der Waals surface area contributed by atoms with Crippen LogP contribution in [0.5, 0.6) is 0 Å². The van der Waals surface area contributed by atoms with Gasteiger partial charge in [0, 0.05) is 18.8 Å². The fraction of sp³-hybridized carbons (Fsp3) is 0.778. The molecule has 10 heteroatoms. The second kappa shape index (κ2) is 24.1. The average molecular weight is 655 g/mol. The molecule has 266 valence electrons. The van der Waals surface area contributed by atoms with Gasteiger partial charge in [-0.2, -0.15) is 0 Å². The van der Waals surface area contributed by atoms with Gasteiger partial charge in [0.25, 0.3) is 0 Å². The average Bonchev–Trinajstić information content (AvgIpc) is 2.99. The molecule has 0 aliphatic heterocycles. The molecular weight excluding hydrogens is 592 g/mol. The van der Waals surface area contributed by atoms with E-state index in [4.69, 9.17) is 28.4 Å². The Kier molecular flexibility index (Phi) is 22.0. The molecule has 2 N–H and O–H groups in total. The van der Waals surface area contributed by atoms with Gasteiger partial charge in [0.1, 0.15) is 0 Å². The summed E-state index contributed by atoms with van der Waals surface area (Å²) in [5.74, 6) is -2.68. The Hall–Kier alpha value is -2.08. The fourth-order valence-corrected chi connectivity index (χ4v) is 5.47. The summed E-state index contributed by atoms with van der Waals surface area (Å²) in [6.45, 7) is 16.6. The molecule has 1 aromatic rings. The van der Waals surface area contributed by atoms with Crippen molar-refractivity contribution in [3.63, 3.8) is 0 Å². The molecule has 10 nitrogen and oxygen atoms in total. The summed E-state index contributed by atoms with van der Waals surface area (Å²) in [5.41, 5.74) is 0.221. The van der Waals surface area contributed by atoms with Crippen molar-refractivity contribution in [2.45, 2.75) is 170 Å². The van der Waals surface area contributed by atoms with Crippen molar-refractivity contribution < 1.29 is 48.2 Å². The number of unbranched alkanes of at least 4 members (excludes halogenated alkanes) is 6. The molecule has 6 atom stereocenters. The first-order valence-electron chi connectivity index (χ1n) is 17.5. The number of carboxylic acid groups (broad SMARTS) is 2. The molecule has 0 aliphatic rings. The minimum absolute atomic E-state index is 0.281. The van der Waals surface area contributed by atoms with Crippen LogP contribution in [-0.4, -0.2) is 60.5 Å². The number of carbonyl (C=O) groups is 2. The van der Waals surface area contributed by atoms with Crippen molar-refractivity contribution in [2.24, 2.45) is 0 Å². The van der Waals surface area contributed by atoms with Crippen LogP contribution in [0.4, 0.5) is 0 Å². The molecule has 0 saturated heterocycles. The molecular formula is C36H62O10. The molecule has 1 aromatic carbocycles. The summed E-state index contributed by atoms with van der Waals surface area (Å²) in [5, 5.41) is 20.3. The molecule has 0 aromatic heterocycles. The first kappa shape index (κ1) is 41.9. The second-order valence-electron chi connectivity index (χ2n) is 11.8. The summed E-state index contributed by atoms with van der Waals surface area (Å²) in [4.78, 5) is 25.0. The van der Waals surface area contributed by atoms with E-state index in [2.05, 4.69) is 13.8 Å². The molecule has 0 amide bonds. The van der Waals surface area contributed by atoms with Crippen molar-refractivity contribution in [1.29, 1.82) is 0 Å². The first-order chi connectivity index (χ1) is 22.0. The molecule has 46 heavy (non-hydrogen) atoms. The van der Waals surface area contributed by atoms with Gasteiger partial charge in [-0.1, -0.05) is 85.1 Å². The summed E-state index contributed by atoms with van der Waals surface area (Å²) in [6, 6.07) is 2.98. The lowest BCUT2D eigenvalue weighted by Crippen LogP contribution is -2.28. The van der Waals surface area contributed by atoms with E-state index in [0.29, 0.717) is 38.0 Å². The fourth-order valence-electron chi connectivity index (χ4n) is 5.47. The van der Waals surface area contributed by atoms with Gasteiger partial charge >= 0.3 is 11.9 Å². The highest BCUT2D eigenvalue weighted by Gasteiger charge is 2.33. The molecule has 0 radical (unpaired) electrons. The van der Waals surface area contributed by atoms with Gasteiger partial charge < -0.3 is 38.6 Å². The van der Waals surface area contributed by atoms with Crippen LogP contribution >= 0.6 is 0 Å². The van der Waals surface area contributed by atoms with Gasteiger partial charge in [-0.25, -0.2) is 9.59 Å². The minimum Gasteiger partial charge on any atom is -0.478 e. The number of rotatable bonds is 28. The topological polar surface area (TPSA) is 130 Å². The van der Waals surface area contributed by atoms with Crippen LogP contribution in [0.15, 0.2) is 12.1 Å². The number of benzene rings is 1. The van der Waals surface area contributed by atoms with E-state index < -0.39 is 49.3 Å². The molecule has 0 saturated carbocycles. The van der Waals surface area contributed by atoms with Gasteiger partial charge in [0.05, 0.1) is 23.3 Å². The van der Waals surface area contributed by atoms with Crippen molar-refractivity contribution in [3.8, 4) is 0 Å². The van der Waals surface area contributed by atoms with Crippen LogP contribution in [0.25, 0.3) is 0 Å². The molecule has 1 rings (SSSR count). The molecule has 0 heterocycles. The highest BCUT2D eigenvalue weighted by molar-refractivity contribution is 6.03. The maximum Gasteiger partial charge on any atom is 0.336 e. The summed E-state index contributed by atoms with van der Waals surface area (Å²) < 4.78 is 36.3. The van der Waals surface area contributed by atoms with Crippen LogP contribution < -0.4 is 0 Å². The Labute approximate surface area is 277 Å². The van der Waals surface area contributed by atoms with Gasteiger partial charge in [0.15, 0.2) is 25.2 Å². The van der Waals surface area contributed by atoms with E-state index in [1.165, 1.54) is 6.07 Å². The Balaban J connectivity index is 3.33. The number of hydrogen-bond donors (Lipinski definition) is 2. The number of ether oxygens (including phenoxy) is 6. The normalized spacial score (nSPS) is 15.7. The largest absolute Gasteiger partial charge is 0.478 e. The van der Waals surface area contributed by atoms with Gasteiger partial charge in [0.2, 0.25) is 0 Å². The first-order valence-corrected chi connectivity index (χ1v) is 17.5. The zero-order valence-corrected chi connectivity index (χ0v) is 29.7. The molecule has 0 bridgehead atoms. The van der Waals surface area contributed by atoms with Crippen LogP contribution in [0.1, 0.15) is 176 Å². The standard InChI is InChI=1S/C36H62O10/c1-9-13-15-17-23-41-25(5)43-27(7)45-31(19-11-3)29-21-22-30(35(37)38)34(36(39)40)33(29)32(20-12-4)46-28(8)44-26(6)42-24-18-16-14-10-2/h21-22,25-28,31-32H,9-20,23-24H2,1-8H3,(H,37,38)(H,39,40). The summed E-state index contributed by atoms with van der Waals surface area (Å²) in [7, 11) is 0. The lowest BCUT2D eigenvalue weighted by Gasteiger charge is -2.31. The van der Waals surface area contributed by atoms with Crippen molar-refractivity contribution in [2.75, 3.05) is 13.2 Å². The summed E-state index contributed by atoms with van der Waals surface area (Å²) in [6.07, 6.45) is 7.24. The predicted octanol–water partition coefficient (Wildman–Crippen LogP) is 9.41. The maximum absolute atomic E-state index is 12.7. The SMILES string of the molecule is CCCCCCOC(C)OC(C)OC(CCC)c1ccc(C(=O)O)c(C(=O)O)c1C(CCC)OC(C)OC(C)OCCCCCC. The molecule has 0 spiro atoms. The maximum atomic E-state index is 12.7. The van der Waals surface area contributed by atoms with E-state index in [-0.39, 0.29) is 16.7 Å². The minimum atomic E-state index is -1.35. The third-order valence-electron chi connectivity index (χ3n) is 7.67. The molecule has 0 fully saturated rings. The Morgan fingerprint density at radius 2 is 1.07 bits per heavy atom. The molecule has 0 aliphatic carbocycles. The highest BCUT2D eigenvalue weighted by atomic mass is 16.8. The van der Waals surface area contributed by atoms with Gasteiger partial charge in [-0.3, -0.25) is 0 Å². The monoisotopic (exact) mass is 654 g/mol. The van der Waals surface area contributed by atoms with Crippen LogP contribution in [-0.2, 0) is 28.4 Å². The third-order valence-corrected chi connectivity index (χ3v) is 7.67. The van der Waals surface area contributed by atoms with Gasteiger partial charge in [-0.05, 0) is 65.0 Å². The van der Waals surface area contributed by atoms with E-state index >= 15 is 0 Å². The lowest BCUT2D eigenvalue weighted by atomic mass is 9.87. The van der Waals surface area contributed by atoms with Crippen LogP contribution in [0.2, 0.25) is 0 Å². The number of carboxylic acids is 2. The third kappa shape index (κ3) is 15.7. The predicted molar refractivity (Wildman–Crippen MR) is 178 cm³/mol. The van der Waals surface area contributed by atoms with Crippen molar-refractivity contribution in [3.05, 3.63) is 34.4 Å². The second-order valence-corrected chi connectivity index (χ2v) is 11.8. The van der Waals surface area contributed by atoms with Crippen molar-refractivity contribution in [1.82, 2.24) is 0 Å². The Bertz CT molecular complexity index is 984. The smallest absolute Gasteiger partial charge is 0.336 e. The zero-order chi connectivity index (χ0) is 34.5. The quantitative estimate of drug-likeness (QED) is 0.0665. The Morgan fingerprint density at radius 1 is 0.587 bits per heavy atom. The van der Waals surface area contributed by atoms with E-state index in [1.807, 2.05) is 20.8 Å². The van der Waals surface area contributed by atoms with Gasteiger partial charge in [-0.15, -0.1) is 0 Å². The zero-order valence-electron chi connectivity index (χ0n) is 29.7. The van der Waals surface area contributed by atoms with Crippen LogP contribution in [0, 0.1) is 0 Å². The number of aromatic carboxylic acids is 2. The van der Waals surface area contributed by atoms with E-state index in [9.17, 15) is 19.8 Å². The Morgan fingerprint density at radius 3 is 1.50 bits per heavy atom. The highest BCUT2D eigenvalue weighted by Crippen LogP contribution is 2.39. The molecule has 6 unspecified atom stereocenters. The van der Waals surface area contributed by atoms with E-state index in [0.717, 1.165) is 57.8 Å². The van der Waals surface area contributed by atoms with Crippen LogP contribution in [0.3, 0.4) is 0 Å². The van der Waals surface area contributed by atoms with Crippen molar-refractivity contribution >= 4 is 11.9 Å².